The maximum absolute atomic E-state index is 12.4. The number of hydrogen-bond donors (Lipinski definition) is 0. The van der Waals surface area contributed by atoms with Gasteiger partial charge in [-0.2, -0.15) is 5.10 Å². The number of halogens is 1. The van der Waals surface area contributed by atoms with E-state index < -0.39 is 0 Å². The van der Waals surface area contributed by atoms with Gasteiger partial charge in [-0.15, -0.1) is 0 Å². The highest BCUT2D eigenvalue weighted by Crippen LogP contribution is 2.20. The first-order valence-electron chi connectivity index (χ1n) is 8.26. The van der Waals surface area contributed by atoms with Crippen molar-refractivity contribution >= 4 is 21.8 Å². The van der Waals surface area contributed by atoms with E-state index in [4.69, 9.17) is 4.42 Å². The monoisotopic (exact) mass is 394 g/mol. The molecule has 6 nitrogen and oxygen atoms in total. The van der Waals surface area contributed by atoms with Gasteiger partial charge in [-0.3, -0.25) is 14.4 Å². The number of rotatable bonds is 5. The maximum Gasteiger partial charge on any atom is 0.224 e. The van der Waals surface area contributed by atoms with Gasteiger partial charge in [0.15, 0.2) is 0 Å². The number of aryl methyl sites for hydroxylation is 2. The first-order valence-corrected chi connectivity index (χ1v) is 9.06. The first-order chi connectivity index (χ1) is 11.5. The molecular formula is C17H23BrN4O2. The van der Waals surface area contributed by atoms with Crippen LogP contribution in [0.1, 0.15) is 23.6 Å². The number of carbonyl (C=O) groups is 1. The molecule has 1 aliphatic heterocycles. The third-order valence-electron chi connectivity index (χ3n) is 4.52. The second kappa shape index (κ2) is 7.53. The van der Waals surface area contributed by atoms with Gasteiger partial charge in [-0.25, -0.2) is 0 Å². The van der Waals surface area contributed by atoms with Crippen LogP contribution < -0.4 is 0 Å². The van der Waals surface area contributed by atoms with Crippen molar-refractivity contribution in [2.45, 2.75) is 33.4 Å². The van der Waals surface area contributed by atoms with Gasteiger partial charge in [0, 0.05) is 38.3 Å². The lowest BCUT2D eigenvalue weighted by atomic mass is 10.2. The number of furan rings is 1. The summed E-state index contributed by atoms with van der Waals surface area (Å²) in [4.78, 5) is 16.7. The lowest BCUT2D eigenvalue weighted by molar-refractivity contribution is -0.133. The molecule has 2 aromatic rings. The minimum absolute atomic E-state index is 0.205. The SMILES string of the molecule is Cc1nn(CCC(=O)N2CCN(Cc3ccco3)CC2)c(C)c1Br. The van der Waals surface area contributed by atoms with Crippen LogP contribution in [-0.4, -0.2) is 51.7 Å². The van der Waals surface area contributed by atoms with E-state index >= 15 is 0 Å². The minimum Gasteiger partial charge on any atom is -0.468 e. The molecule has 0 radical (unpaired) electrons. The number of nitrogens with zero attached hydrogens (tertiary/aromatic N) is 4. The van der Waals surface area contributed by atoms with Gasteiger partial charge in [-0.1, -0.05) is 0 Å². The van der Waals surface area contributed by atoms with Crippen LogP contribution in [0.25, 0.3) is 0 Å². The Labute approximate surface area is 150 Å². The number of piperazine rings is 1. The van der Waals surface area contributed by atoms with Gasteiger partial charge in [0.05, 0.1) is 29.5 Å². The predicted molar refractivity (Wildman–Crippen MR) is 94.6 cm³/mol. The van der Waals surface area contributed by atoms with Crippen LogP contribution in [0.4, 0.5) is 0 Å². The molecule has 0 saturated carbocycles. The molecule has 130 valence electrons. The average Bonchev–Trinajstić information content (AvgIpc) is 3.18. The van der Waals surface area contributed by atoms with Crippen molar-refractivity contribution in [3.63, 3.8) is 0 Å². The molecule has 1 amide bonds. The molecule has 1 fully saturated rings. The summed E-state index contributed by atoms with van der Waals surface area (Å²) >= 11 is 3.52. The average molecular weight is 395 g/mol. The fourth-order valence-corrected chi connectivity index (χ4v) is 3.31. The van der Waals surface area contributed by atoms with Crippen LogP contribution in [0.15, 0.2) is 27.3 Å². The molecule has 0 unspecified atom stereocenters. The van der Waals surface area contributed by atoms with Crippen molar-refractivity contribution in [3.8, 4) is 0 Å². The third-order valence-corrected chi connectivity index (χ3v) is 5.66. The summed E-state index contributed by atoms with van der Waals surface area (Å²) in [5.41, 5.74) is 2.04. The number of amides is 1. The fourth-order valence-electron chi connectivity index (χ4n) is 3.03. The van der Waals surface area contributed by atoms with Crippen LogP contribution in [-0.2, 0) is 17.9 Å². The molecule has 3 rings (SSSR count). The Morgan fingerprint density at radius 2 is 2.04 bits per heavy atom. The molecule has 0 atom stereocenters. The highest BCUT2D eigenvalue weighted by Gasteiger charge is 2.21. The van der Waals surface area contributed by atoms with E-state index in [2.05, 4.69) is 25.9 Å². The highest BCUT2D eigenvalue weighted by atomic mass is 79.9. The van der Waals surface area contributed by atoms with E-state index in [1.54, 1.807) is 6.26 Å². The van der Waals surface area contributed by atoms with Crippen LogP contribution in [0.2, 0.25) is 0 Å². The van der Waals surface area contributed by atoms with E-state index in [9.17, 15) is 4.79 Å². The summed E-state index contributed by atoms with van der Waals surface area (Å²) in [6.07, 6.45) is 2.19. The van der Waals surface area contributed by atoms with E-state index in [1.807, 2.05) is 35.6 Å². The third kappa shape index (κ3) is 3.89. The Morgan fingerprint density at radius 3 is 2.62 bits per heavy atom. The van der Waals surface area contributed by atoms with Gasteiger partial charge < -0.3 is 9.32 Å². The van der Waals surface area contributed by atoms with Crippen LogP contribution in [0.5, 0.6) is 0 Å². The smallest absolute Gasteiger partial charge is 0.224 e. The molecule has 0 aliphatic carbocycles. The molecule has 0 spiro atoms. The highest BCUT2D eigenvalue weighted by molar-refractivity contribution is 9.10. The Hall–Kier alpha value is -1.60. The first kappa shape index (κ1) is 17.2. The largest absolute Gasteiger partial charge is 0.468 e. The van der Waals surface area contributed by atoms with Crippen molar-refractivity contribution in [1.29, 1.82) is 0 Å². The number of aromatic nitrogens is 2. The van der Waals surface area contributed by atoms with Crippen molar-refractivity contribution in [2.24, 2.45) is 0 Å². The summed E-state index contributed by atoms with van der Waals surface area (Å²) in [5.74, 6) is 1.18. The van der Waals surface area contributed by atoms with Crippen molar-refractivity contribution in [1.82, 2.24) is 19.6 Å². The summed E-state index contributed by atoms with van der Waals surface area (Å²) in [6, 6.07) is 3.90. The van der Waals surface area contributed by atoms with E-state index in [1.165, 1.54) is 0 Å². The van der Waals surface area contributed by atoms with Gasteiger partial charge in [0.2, 0.25) is 5.91 Å². The molecular weight excluding hydrogens is 372 g/mol. The summed E-state index contributed by atoms with van der Waals surface area (Å²) < 4.78 is 8.32. The van der Waals surface area contributed by atoms with E-state index in [-0.39, 0.29) is 5.91 Å². The van der Waals surface area contributed by atoms with Crippen molar-refractivity contribution in [2.75, 3.05) is 26.2 Å². The molecule has 1 saturated heterocycles. The van der Waals surface area contributed by atoms with Crippen molar-refractivity contribution in [3.05, 3.63) is 40.0 Å². The van der Waals surface area contributed by atoms with Gasteiger partial charge in [-0.05, 0) is 41.9 Å². The molecule has 2 aromatic heterocycles. The van der Waals surface area contributed by atoms with Crippen LogP contribution >= 0.6 is 15.9 Å². The Kier molecular flexibility index (Phi) is 5.40. The zero-order chi connectivity index (χ0) is 17.1. The Bertz CT molecular complexity index is 688. The van der Waals surface area contributed by atoms with E-state index in [0.29, 0.717) is 13.0 Å². The zero-order valence-corrected chi connectivity index (χ0v) is 15.8. The van der Waals surface area contributed by atoms with Crippen LogP contribution in [0, 0.1) is 13.8 Å². The summed E-state index contributed by atoms with van der Waals surface area (Å²) in [6.45, 7) is 8.75. The van der Waals surface area contributed by atoms with Gasteiger partial charge in [0.25, 0.3) is 0 Å². The molecule has 0 bridgehead atoms. The minimum atomic E-state index is 0.205. The Balaban J connectivity index is 1.46. The number of carbonyl (C=O) groups excluding carboxylic acids is 1. The molecule has 24 heavy (non-hydrogen) atoms. The molecule has 1 aliphatic rings. The zero-order valence-electron chi connectivity index (χ0n) is 14.2. The maximum atomic E-state index is 12.4. The molecule has 0 N–H and O–H groups in total. The van der Waals surface area contributed by atoms with Gasteiger partial charge in [0.1, 0.15) is 5.76 Å². The lowest BCUT2D eigenvalue weighted by Gasteiger charge is -2.34. The summed E-state index contributed by atoms with van der Waals surface area (Å²) in [5, 5.41) is 4.46. The Morgan fingerprint density at radius 1 is 1.29 bits per heavy atom. The lowest BCUT2D eigenvalue weighted by Crippen LogP contribution is -2.48. The normalized spacial score (nSPS) is 15.9. The standard InChI is InChI=1S/C17H23BrN4O2/c1-13-17(18)14(2)22(19-13)6-5-16(23)21-9-7-20(8-10-21)12-15-4-3-11-24-15/h3-4,11H,5-10,12H2,1-2H3. The number of hydrogen-bond acceptors (Lipinski definition) is 4. The quantitative estimate of drug-likeness (QED) is 0.781. The molecule has 0 aromatic carbocycles. The van der Waals surface area contributed by atoms with Crippen molar-refractivity contribution < 1.29 is 9.21 Å². The fraction of sp³-hybridized carbons (Fsp3) is 0.529. The molecule has 3 heterocycles. The second-order valence-corrected chi connectivity index (χ2v) is 6.99. The van der Waals surface area contributed by atoms with E-state index in [0.717, 1.165) is 54.3 Å². The second-order valence-electron chi connectivity index (χ2n) is 6.19. The van der Waals surface area contributed by atoms with Gasteiger partial charge >= 0.3 is 0 Å². The summed E-state index contributed by atoms with van der Waals surface area (Å²) in [7, 11) is 0. The topological polar surface area (TPSA) is 54.5 Å². The predicted octanol–water partition coefficient (Wildman–Crippen LogP) is 2.59. The van der Waals surface area contributed by atoms with Crippen LogP contribution in [0.3, 0.4) is 0 Å². The molecule has 7 heteroatoms.